The maximum Gasteiger partial charge on any atom is 0.235 e. The predicted octanol–water partition coefficient (Wildman–Crippen LogP) is 2.42. The lowest BCUT2D eigenvalue weighted by atomic mass is 9.70. The van der Waals surface area contributed by atoms with Gasteiger partial charge in [0.1, 0.15) is 5.54 Å². The summed E-state index contributed by atoms with van der Waals surface area (Å²) in [4.78, 5) is 14.5. The Balaban J connectivity index is 2.61. The van der Waals surface area contributed by atoms with Gasteiger partial charge in [0, 0.05) is 5.56 Å². The number of ether oxygens (including phenoxy) is 1. The van der Waals surface area contributed by atoms with E-state index in [4.69, 9.17) is 4.74 Å². The minimum absolute atomic E-state index is 0.0891. The van der Waals surface area contributed by atoms with E-state index in [0.717, 1.165) is 24.8 Å². The third-order valence-electron chi connectivity index (χ3n) is 3.47. The summed E-state index contributed by atoms with van der Waals surface area (Å²) in [5.41, 5.74) is 1.03. The van der Waals surface area contributed by atoms with Gasteiger partial charge in [-0.1, -0.05) is 6.07 Å². The standard InChI is InChI=1S/C13H15NO3/c1-9-4-5-10(17-2)12(16)11(9)13(14-8-15)6-3-7-13/h4-5,16H,3,6-7H2,1-2H3. The second-order valence-corrected chi connectivity index (χ2v) is 4.40. The molecule has 1 fully saturated rings. The fourth-order valence-corrected chi connectivity index (χ4v) is 2.44. The molecule has 1 saturated carbocycles. The van der Waals surface area contributed by atoms with Crippen LogP contribution in [0.5, 0.6) is 11.5 Å². The summed E-state index contributed by atoms with van der Waals surface area (Å²) in [6, 6.07) is 3.58. The first-order chi connectivity index (χ1) is 8.14. The molecule has 0 aliphatic heterocycles. The molecule has 0 aromatic heterocycles. The third-order valence-corrected chi connectivity index (χ3v) is 3.47. The summed E-state index contributed by atoms with van der Waals surface area (Å²) >= 11 is 0. The molecule has 0 amide bonds. The second kappa shape index (κ2) is 4.22. The highest BCUT2D eigenvalue weighted by Gasteiger charge is 2.42. The van der Waals surface area contributed by atoms with E-state index < -0.39 is 5.54 Å². The molecule has 0 bridgehead atoms. The number of hydrogen-bond donors (Lipinski definition) is 1. The fraction of sp³-hybridized carbons (Fsp3) is 0.462. The molecule has 90 valence electrons. The average molecular weight is 233 g/mol. The number of isocyanates is 1. The van der Waals surface area contributed by atoms with E-state index in [1.165, 1.54) is 7.11 Å². The molecule has 0 unspecified atom stereocenters. The lowest BCUT2D eigenvalue weighted by Crippen LogP contribution is -2.32. The summed E-state index contributed by atoms with van der Waals surface area (Å²) in [5.74, 6) is 0.504. The lowest BCUT2D eigenvalue weighted by Gasteiger charge is -2.38. The first-order valence-corrected chi connectivity index (χ1v) is 5.61. The van der Waals surface area contributed by atoms with Crippen molar-refractivity contribution in [1.29, 1.82) is 0 Å². The summed E-state index contributed by atoms with van der Waals surface area (Å²) in [5, 5.41) is 10.2. The molecule has 1 aliphatic carbocycles. The van der Waals surface area contributed by atoms with Crippen molar-refractivity contribution in [1.82, 2.24) is 0 Å². The first-order valence-electron chi connectivity index (χ1n) is 5.61. The van der Waals surface area contributed by atoms with E-state index in [1.807, 2.05) is 13.0 Å². The van der Waals surface area contributed by atoms with E-state index >= 15 is 0 Å². The Morgan fingerprint density at radius 1 is 1.47 bits per heavy atom. The Bertz CT molecular complexity index is 486. The van der Waals surface area contributed by atoms with Gasteiger partial charge in [0.25, 0.3) is 0 Å². The van der Waals surface area contributed by atoms with Gasteiger partial charge in [-0.2, -0.15) is 4.99 Å². The van der Waals surface area contributed by atoms with E-state index in [9.17, 15) is 9.90 Å². The van der Waals surface area contributed by atoms with Crippen molar-refractivity contribution in [3.05, 3.63) is 23.3 Å². The van der Waals surface area contributed by atoms with E-state index in [0.29, 0.717) is 11.3 Å². The molecule has 2 rings (SSSR count). The number of aromatic hydroxyl groups is 1. The highest BCUT2D eigenvalue weighted by atomic mass is 16.5. The summed E-state index contributed by atoms with van der Waals surface area (Å²) < 4.78 is 5.09. The van der Waals surface area contributed by atoms with Crippen LogP contribution in [0.2, 0.25) is 0 Å². The number of aliphatic imine (C=N–C) groups is 1. The van der Waals surface area contributed by atoms with Gasteiger partial charge >= 0.3 is 0 Å². The van der Waals surface area contributed by atoms with Crippen molar-refractivity contribution in [2.45, 2.75) is 31.7 Å². The lowest BCUT2D eigenvalue weighted by molar-refractivity contribution is 0.243. The van der Waals surface area contributed by atoms with Crippen LogP contribution in [0, 0.1) is 6.92 Å². The highest BCUT2D eigenvalue weighted by Crippen LogP contribution is 2.51. The number of nitrogens with zero attached hydrogens (tertiary/aromatic N) is 1. The molecule has 17 heavy (non-hydrogen) atoms. The SMILES string of the molecule is COc1ccc(C)c(C2(N=C=O)CCC2)c1O. The van der Waals surface area contributed by atoms with Crippen LogP contribution >= 0.6 is 0 Å². The van der Waals surface area contributed by atoms with Crippen molar-refractivity contribution in [3.63, 3.8) is 0 Å². The maximum absolute atomic E-state index is 10.6. The molecule has 1 aromatic rings. The molecule has 0 atom stereocenters. The van der Waals surface area contributed by atoms with Crippen molar-refractivity contribution in [3.8, 4) is 11.5 Å². The van der Waals surface area contributed by atoms with Crippen LogP contribution < -0.4 is 4.74 Å². The number of aryl methyl sites for hydroxylation is 1. The molecule has 0 saturated heterocycles. The van der Waals surface area contributed by atoms with Gasteiger partial charge in [-0.05, 0) is 37.8 Å². The van der Waals surface area contributed by atoms with Crippen LogP contribution in [-0.4, -0.2) is 18.3 Å². The predicted molar refractivity (Wildman–Crippen MR) is 63.0 cm³/mol. The number of hydrogen-bond acceptors (Lipinski definition) is 4. The van der Waals surface area contributed by atoms with Crippen molar-refractivity contribution in [2.75, 3.05) is 7.11 Å². The first kappa shape index (κ1) is 11.7. The number of carbonyl (C=O) groups excluding carboxylic acids is 1. The molecule has 1 aliphatic rings. The van der Waals surface area contributed by atoms with Crippen molar-refractivity contribution >= 4 is 6.08 Å². The molecule has 4 heteroatoms. The van der Waals surface area contributed by atoms with Crippen LogP contribution in [0.1, 0.15) is 30.4 Å². The normalized spacial score (nSPS) is 16.8. The largest absolute Gasteiger partial charge is 0.504 e. The van der Waals surface area contributed by atoms with Crippen LogP contribution in [0.15, 0.2) is 17.1 Å². The van der Waals surface area contributed by atoms with Gasteiger partial charge in [-0.25, -0.2) is 4.79 Å². The molecule has 4 nitrogen and oxygen atoms in total. The van der Waals surface area contributed by atoms with Crippen LogP contribution in [0.25, 0.3) is 0 Å². The minimum atomic E-state index is -0.593. The van der Waals surface area contributed by atoms with Gasteiger partial charge in [0.15, 0.2) is 11.5 Å². The van der Waals surface area contributed by atoms with E-state index in [2.05, 4.69) is 4.99 Å². The Hall–Kier alpha value is -1.80. The molecular weight excluding hydrogens is 218 g/mol. The molecule has 0 heterocycles. The average Bonchev–Trinajstić information content (AvgIpc) is 2.26. The number of phenolic OH excluding ortho intramolecular Hbond substituents is 1. The third kappa shape index (κ3) is 1.71. The molecule has 1 N–H and O–H groups in total. The van der Waals surface area contributed by atoms with E-state index in [1.54, 1.807) is 12.1 Å². The van der Waals surface area contributed by atoms with Crippen LogP contribution in [0.3, 0.4) is 0 Å². The number of benzene rings is 1. The summed E-state index contributed by atoms with van der Waals surface area (Å²) in [6.07, 6.45) is 4.16. The number of phenols is 1. The molecule has 0 radical (unpaired) electrons. The van der Waals surface area contributed by atoms with Crippen molar-refractivity contribution in [2.24, 2.45) is 4.99 Å². The zero-order valence-corrected chi connectivity index (χ0v) is 9.99. The van der Waals surface area contributed by atoms with Crippen molar-refractivity contribution < 1.29 is 14.6 Å². The smallest absolute Gasteiger partial charge is 0.235 e. The van der Waals surface area contributed by atoms with E-state index in [-0.39, 0.29) is 5.75 Å². The Morgan fingerprint density at radius 3 is 2.65 bits per heavy atom. The molecule has 0 spiro atoms. The van der Waals surface area contributed by atoms with Gasteiger partial charge in [0.05, 0.1) is 7.11 Å². The Labute approximate surface area is 99.9 Å². The maximum atomic E-state index is 10.6. The van der Waals surface area contributed by atoms with Crippen LogP contribution in [0.4, 0.5) is 0 Å². The van der Waals surface area contributed by atoms with Gasteiger partial charge in [-0.3, -0.25) is 0 Å². The molecular formula is C13H15NO3. The monoisotopic (exact) mass is 233 g/mol. The highest BCUT2D eigenvalue weighted by molar-refractivity contribution is 5.55. The molecule has 1 aromatic carbocycles. The zero-order valence-electron chi connectivity index (χ0n) is 9.99. The minimum Gasteiger partial charge on any atom is -0.504 e. The summed E-state index contributed by atoms with van der Waals surface area (Å²) in [7, 11) is 1.50. The van der Waals surface area contributed by atoms with Gasteiger partial charge in [0.2, 0.25) is 6.08 Å². The summed E-state index contributed by atoms with van der Waals surface area (Å²) in [6.45, 7) is 1.90. The van der Waals surface area contributed by atoms with Gasteiger partial charge in [-0.15, -0.1) is 0 Å². The topological polar surface area (TPSA) is 58.9 Å². The Morgan fingerprint density at radius 2 is 2.18 bits per heavy atom. The zero-order chi connectivity index (χ0) is 12.5. The van der Waals surface area contributed by atoms with Gasteiger partial charge < -0.3 is 9.84 Å². The fourth-order valence-electron chi connectivity index (χ4n) is 2.44. The quantitative estimate of drug-likeness (QED) is 0.644. The number of methoxy groups -OCH3 is 1. The van der Waals surface area contributed by atoms with Crippen LogP contribution in [-0.2, 0) is 10.3 Å². The Kier molecular flexibility index (Phi) is 2.90. The second-order valence-electron chi connectivity index (χ2n) is 4.40. The number of rotatable bonds is 3.